The van der Waals surface area contributed by atoms with E-state index in [2.05, 4.69) is 27.7 Å². The van der Waals surface area contributed by atoms with Crippen LogP contribution in [0, 0.1) is 50.4 Å². The first-order valence-corrected chi connectivity index (χ1v) is 14.6. The summed E-state index contributed by atoms with van der Waals surface area (Å²) in [5.41, 5.74) is 7.67. The molecule has 0 N–H and O–H groups in total. The van der Waals surface area contributed by atoms with Crippen molar-refractivity contribution >= 4 is 0 Å². The molecule has 3 aliphatic carbocycles. The SMILES string of the molecule is COc1c(C)c(CC2CCC(C)CC2)c(C)c(C)c1CC1CCC(CC2CCCCC2)CC1. The highest BCUT2D eigenvalue weighted by atomic mass is 16.5. The van der Waals surface area contributed by atoms with Gasteiger partial charge in [0.05, 0.1) is 7.11 Å². The molecule has 0 saturated heterocycles. The average molecular weight is 453 g/mol. The molecule has 0 spiro atoms. The van der Waals surface area contributed by atoms with Crippen LogP contribution in [-0.4, -0.2) is 7.11 Å². The van der Waals surface area contributed by atoms with Gasteiger partial charge in [0, 0.05) is 0 Å². The van der Waals surface area contributed by atoms with Crippen LogP contribution >= 0.6 is 0 Å². The topological polar surface area (TPSA) is 9.23 Å². The zero-order valence-electron chi connectivity index (χ0n) is 22.6. The van der Waals surface area contributed by atoms with Gasteiger partial charge in [0.25, 0.3) is 0 Å². The molecule has 1 nitrogen and oxygen atoms in total. The highest BCUT2D eigenvalue weighted by molar-refractivity contribution is 5.55. The molecule has 0 unspecified atom stereocenters. The van der Waals surface area contributed by atoms with Crippen LogP contribution in [0.2, 0.25) is 0 Å². The molecule has 0 bridgehead atoms. The summed E-state index contributed by atoms with van der Waals surface area (Å²) in [6, 6.07) is 0. The fraction of sp³-hybridized carbons (Fsp3) is 0.812. The van der Waals surface area contributed by atoms with Crippen LogP contribution in [0.15, 0.2) is 0 Å². The monoisotopic (exact) mass is 452 g/mol. The molecule has 1 aromatic carbocycles. The van der Waals surface area contributed by atoms with Crippen LogP contribution in [0.4, 0.5) is 0 Å². The Hall–Kier alpha value is -0.980. The summed E-state index contributed by atoms with van der Waals surface area (Å²) in [4.78, 5) is 0. The van der Waals surface area contributed by atoms with E-state index >= 15 is 0 Å². The van der Waals surface area contributed by atoms with E-state index in [0.29, 0.717) is 0 Å². The maximum atomic E-state index is 6.12. The van der Waals surface area contributed by atoms with E-state index in [4.69, 9.17) is 4.74 Å². The molecule has 0 amide bonds. The third-order valence-electron chi connectivity index (χ3n) is 10.2. The number of hydrogen-bond donors (Lipinski definition) is 0. The molecule has 1 aromatic rings. The zero-order chi connectivity index (χ0) is 23.4. The minimum absolute atomic E-state index is 0.852. The van der Waals surface area contributed by atoms with Crippen LogP contribution in [0.1, 0.15) is 125 Å². The minimum atomic E-state index is 0.852. The Labute approximate surface area is 205 Å². The standard InChI is InChI=1S/C32H52O/c1-22-11-13-28(14-12-22)20-30-23(2)24(3)31(32(33-5)25(30)4)21-29-17-15-27(16-18-29)19-26-9-7-6-8-10-26/h22,26-29H,6-21H2,1-5H3. The lowest BCUT2D eigenvalue weighted by atomic mass is 9.73. The highest BCUT2D eigenvalue weighted by Crippen LogP contribution is 2.42. The van der Waals surface area contributed by atoms with Crippen LogP contribution in [0.25, 0.3) is 0 Å². The lowest BCUT2D eigenvalue weighted by Crippen LogP contribution is -2.21. The van der Waals surface area contributed by atoms with Gasteiger partial charge >= 0.3 is 0 Å². The molecule has 3 fully saturated rings. The zero-order valence-corrected chi connectivity index (χ0v) is 22.6. The molecule has 0 heterocycles. The van der Waals surface area contributed by atoms with Crippen LogP contribution < -0.4 is 4.74 Å². The van der Waals surface area contributed by atoms with Gasteiger partial charge in [0.1, 0.15) is 5.75 Å². The van der Waals surface area contributed by atoms with Crippen molar-refractivity contribution in [3.05, 3.63) is 27.8 Å². The summed E-state index contributed by atoms with van der Waals surface area (Å²) in [7, 11) is 1.91. The van der Waals surface area contributed by atoms with E-state index < -0.39 is 0 Å². The quantitative estimate of drug-likeness (QED) is 0.400. The number of hydrogen-bond acceptors (Lipinski definition) is 1. The fourth-order valence-corrected chi connectivity index (χ4v) is 7.77. The summed E-state index contributed by atoms with van der Waals surface area (Å²) in [6.45, 7) is 9.55. The van der Waals surface area contributed by atoms with Crippen LogP contribution in [-0.2, 0) is 12.8 Å². The van der Waals surface area contributed by atoms with Gasteiger partial charge in [0.15, 0.2) is 0 Å². The molecule has 0 radical (unpaired) electrons. The van der Waals surface area contributed by atoms with E-state index in [1.54, 1.807) is 11.1 Å². The first-order chi connectivity index (χ1) is 16.0. The molecule has 0 atom stereocenters. The molecule has 0 aromatic heterocycles. The van der Waals surface area contributed by atoms with Gasteiger partial charge in [0.2, 0.25) is 0 Å². The molecule has 3 aliphatic rings. The molecular weight excluding hydrogens is 400 g/mol. The molecule has 186 valence electrons. The van der Waals surface area contributed by atoms with Gasteiger partial charge in [-0.3, -0.25) is 0 Å². The van der Waals surface area contributed by atoms with Gasteiger partial charge in [-0.05, 0) is 123 Å². The van der Waals surface area contributed by atoms with Crippen LogP contribution in [0.5, 0.6) is 5.75 Å². The number of benzene rings is 1. The lowest BCUT2D eigenvalue weighted by Gasteiger charge is -2.33. The predicted octanol–water partition coefficient (Wildman–Crippen LogP) is 9.31. The first-order valence-electron chi connectivity index (χ1n) is 14.6. The molecule has 0 aliphatic heterocycles. The Balaban J connectivity index is 1.40. The molecular formula is C32H52O. The van der Waals surface area contributed by atoms with Crippen molar-refractivity contribution in [2.75, 3.05) is 7.11 Å². The minimum Gasteiger partial charge on any atom is -0.496 e. The van der Waals surface area contributed by atoms with Crippen molar-refractivity contribution in [2.45, 2.75) is 130 Å². The lowest BCUT2D eigenvalue weighted by molar-refractivity contribution is 0.210. The van der Waals surface area contributed by atoms with Gasteiger partial charge in [-0.15, -0.1) is 0 Å². The van der Waals surface area contributed by atoms with Crippen LogP contribution in [0.3, 0.4) is 0 Å². The van der Waals surface area contributed by atoms with E-state index in [1.165, 1.54) is 125 Å². The van der Waals surface area contributed by atoms with Crippen molar-refractivity contribution in [3.8, 4) is 5.75 Å². The smallest absolute Gasteiger partial charge is 0.125 e. The van der Waals surface area contributed by atoms with Crippen molar-refractivity contribution in [2.24, 2.45) is 29.6 Å². The number of ether oxygens (including phenoxy) is 1. The van der Waals surface area contributed by atoms with E-state index in [1.807, 2.05) is 7.11 Å². The predicted molar refractivity (Wildman–Crippen MR) is 142 cm³/mol. The summed E-state index contributed by atoms with van der Waals surface area (Å²) in [5.74, 6) is 5.93. The second-order valence-corrected chi connectivity index (χ2v) is 12.5. The normalized spacial score (nSPS) is 29.2. The summed E-state index contributed by atoms with van der Waals surface area (Å²) in [5, 5.41) is 0. The number of methoxy groups -OCH3 is 1. The summed E-state index contributed by atoms with van der Waals surface area (Å²) >= 11 is 0. The van der Waals surface area contributed by atoms with E-state index in [-0.39, 0.29) is 0 Å². The Morgan fingerprint density at radius 2 is 1.06 bits per heavy atom. The second-order valence-electron chi connectivity index (χ2n) is 12.5. The largest absolute Gasteiger partial charge is 0.496 e. The van der Waals surface area contributed by atoms with Crippen molar-refractivity contribution in [3.63, 3.8) is 0 Å². The Morgan fingerprint density at radius 3 is 1.67 bits per heavy atom. The second kappa shape index (κ2) is 11.6. The molecule has 4 rings (SSSR count). The van der Waals surface area contributed by atoms with Gasteiger partial charge < -0.3 is 4.74 Å². The average Bonchev–Trinajstić information content (AvgIpc) is 2.83. The molecule has 33 heavy (non-hydrogen) atoms. The maximum Gasteiger partial charge on any atom is 0.125 e. The van der Waals surface area contributed by atoms with E-state index in [0.717, 1.165) is 29.6 Å². The Morgan fingerprint density at radius 1 is 0.576 bits per heavy atom. The van der Waals surface area contributed by atoms with Gasteiger partial charge in [-0.2, -0.15) is 0 Å². The highest BCUT2D eigenvalue weighted by Gasteiger charge is 2.28. The third kappa shape index (κ3) is 6.18. The van der Waals surface area contributed by atoms with Crippen molar-refractivity contribution in [1.29, 1.82) is 0 Å². The third-order valence-corrected chi connectivity index (χ3v) is 10.2. The van der Waals surface area contributed by atoms with Gasteiger partial charge in [-0.25, -0.2) is 0 Å². The molecule has 3 saturated carbocycles. The van der Waals surface area contributed by atoms with Crippen molar-refractivity contribution < 1.29 is 4.74 Å². The summed E-state index contributed by atoms with van der Waals surface area (Å²) in [6.07, 6.45) is 23.0. The first kappa shape index (κ1) is 25.1. The fourth-order valence-electron chi connectivity index (χ4n) is 7.77. The van der Waals surface area contributed by atoms with Crippen molar-refractivity contribution in [1.82, 2.24) is 0 Å². The van der Waals surface area contributed by atoms with E-state index in [9.17, 15) is 0 Å². The molecule has 1 heteroatoms. The number of rotatable bonds is 7. The maximum absolute atomic E-state index is 6.12. The van der Waals surface area contributed by atoms with Gasteiger partial charge in [-0.1, -0.05) is 64.7 Å². The Kier molecular flexibility index (Phi) is 8.86. The summed E-state index contributed by atoms with van der Waals surface area (Å²) < 4.78 is 6.12. The Bertz CT molecular complexity index is 755.